The highest BCUT2D eigenvalue weighted by Crippen LogP contribution is 2.41. The number of sulfonamides is 1. The molecule has 1 N–H and O–H groups in total. The molecule has 0 unspecified atom stereocenters. The monoisotopic (exact) mass is 472 g/mol. The number of carbonyl (C=O) groups excluding carboxylic acids is 1. The number of amides is 1. The van der Waals surface area contributed by atoms with E-state index in [1.807, 2.05) is 39.0 Å². The number of piperidine rings is 1. The van der Waals surface area contributed by atoms with Gasteiger partial charge >= 0.3 is 0 Å². The summed E-state index contributed by atoms with van der Waals surface area (Å²) in [5.41, 5.74) is 1.44. The molecule has 4 rings (SSSR count). The van der Waals surface area contributed by atoms with Crippen LogP contribution in [0.3, 0.4) is 0 Å². The molecule has 178 valence electrons. The van der Waals surface area contributed by atoms with Crippen LogP contribution < -0.4 is 14.8 Å². The molecule has 0 radical (unpaired) electrons. The van der Waals surface area contributed by atoms with Gasteiger partial charge in [0.25, 0.3) is 0 Å². The Balaban J connectivity index is 1.51. The Bertz CT molecular complexity index is 1130. The van der Waals surface area contributed by atoms with E-state index in [1.165, 1.54) is 4.31 Å². The highest BCUT2D eigenvalue weighted by molar-refractivity contribution is 7.89. The molecule has 2 atom stereocenters. The van der Waals surface area contributed by atoms with Crippen LogP contribution in [0.25, 0.3) is 0 Å². The van der Waals surface area contributed by atoms with Crippen LogP contribution in [-0.4, -0.2) is 44.4 Å². The predicted molar refractivity (Wildman–Crippen MR) is 126 cm³/mol. The Labute approximate surface area is 196 Å². The van der Waals surface area contributed by atoms with Crippen molar-refractivity contribution in [2.24, 2.45) is 5.92 Å². The van der Waals surface area contributed by atoms with Gasteiger partial charge in [0.15, 0.2) is 0 Å². The van der Waals surface area contributed by atoms with Gasteiger partial charge < -0.3 is 14.8 Å². The van der Waals surface area contributed by atoms with E-state index >= 15 is 0 Å². The summed E-state index contributed by atoms with van der Waals surface area (Å²) in [6.07, 6.45) is 1.91. The molecule has 1 fully saturated rings. The van der Waals surface area contributed by atoms with Crippen LogP contribution in [0.15, 0.2) is 47.4 Å². The van der Waals surface area contributed by atoms with Gasteiger partial charge in [-0.2, -0.15) is 4.31 Å². The lowest BCUT2D eigenvalue weighted by Gasteiger charge is -2.39. The van der Waals surface area contributed by atoms with Crippen LogP contribution in [0.5, 0.6) is 11.5 Å². The molecule has 1 amide bonds. The predicted octanol–water partition coefficient (Wildman–Crippen LogP) is 3.82. The van der Waals surface area contributed by atoms with Crippen molar-refractivity contribution in [3.63, 3.8) is 0 Å². The van der Waals surface area contributed by atoms with E-state index in [4.69, 9.17) is 9.47 Å². The van der Waals surface area contributed by atoms with Gasteiger partial charge in [-0.3, -0.25) is 4.79 Å². The number of hydrogen-bond donors (Lipinski definition) is 1. The van der Waals surface area contributed by atoms with E-state index in [0.29, 0.717) is 31.6 Å². The van der Waals surface area contributed by atoms with Crippen molar-refractivity contribution < 1.29 is 22.7 Å². The van der Waals surface area contributed by atoms with Gasteiger partial charge in [0.2, 0.25) is 15.9 Å². The second kappa shape index (κ2) is 8.99. The van der Waals surface area contributed by atoms with Gasteiger partial charge in [-0.25, -0.2) is 8.42 Å². The Morgan fingerprint density at radius 1 is 1.18 bits per heavy atom. The molecule has 2 aliphatic rings. The molecule has 2 heterocycles. The van der Waals surface area contributed by atoms with Crippen molar-refractivity contribution in [1.82, 2.24) is 9.62 Å². The topological polar surface area (TPSA) is 84.9 Å². The minimum Gasteiger partial charge on any atom is -0.497 e. The van der Waals surface area contributed by atoms with Crippen molar-refractivity contribution in [2.75, 3.05) is 20.2 Å². The first-order chi connectivity index (χ1) is 15.6. The normalized spacial score (nSPS) is 22.7. The molecule has 0 spiro atoms. The number of nitrogens with one attached hydrogen (secondary N) is 1. The zero-order valence-corrected chi connectivity index (χ0v) is 20.4. The van der Waals surface area contributed by atoms with Crippen LogP contribution in [0.1, 0.15) is 50.3 Å². The third kappa shape index (κ3) is 5.01. The minimum absolute atomic E-state index is 0.129. The maximum absolute atomic E-state index is 13.3. The Kier molecular flexibility index (Phi) is 6.42. The molecular formula is C25H32N2O5S. The summed E-state index contributed by atoms with van der Waals surface area (Å²) in [6, 6.07) is 12.2. The summed E-state index contributed by atoms with van der Waals surface area (Å²) in [4.78, 5) is 13.6. The number of rotatable bonds is 5. The lowest BCUT2D eigenvalue weighted by molar-refractivity contribution is -0.127. The number of methoxy groups -OCH3 is 1. The Morgan fingerprint density at radius 2 is 1.91 bits per heavy atom. The average molecular weight is 473 g/mol. The molecule has 2 aromatic carbocycles. The number of benzene rings is 2. The molecule has 8 heteroatoms. The van der Waals surface area contributed by atoms with Crippen molar-refractivity contribution in [3.05, 3.63) is 53.6 Å². The highest BCUT2D eigenvalue weighted by atomic mass is 32.2. The first-order valence-corrected chi connectivity index (χ1v) is 12.8. The van der Waals surface area contributed by atoms with E-state index < -0.39 is 21.5 Å². The van der Waals surface area contributed by atoms with Crippen LogP contribution in [-0.2, 0) is 14.8 Å². The molecule has 1 saturated heterocycles. The van der Waals surface area contributed by atoms with Gasteiger partial charge in [0, 0.05) is 25.1 Å². The third-order valence-corrected chi connectivity index (χ3v) is 8.28. The number of nitrogens with zero attached hydrogens (tertiary/aromatic N) is 1. The standard InChI is InChI=1S/C25H32N2O5S/c1-17-7-10-20(11-8-17)33(29,30)27-13-5-6-18(16-27)24(28)26-22-15-25(2,3)32-23-12-9-19(31-4)14-21(22)23/h7-12,14,18,22H,5-6,13,15-16H2,1-4H3,(H,26,28)/t18-,22+/m1/s1. The van der Waals surface area contributed by atoms with Crippen LogP contribution >= 0.6 is 0 Å². The Hall–Kier alpha value is -2.58. The zero-order chi connectivity index (χ0) is 23.8. The summed E-state index contributed by atoms with van der Waals surface area (Å²) in [5.74, 6) is 0.892. The quantitative estimate of drug-likeness (QED) is 0.715. The molecule has 0 saturated carbocycles. The number of hydrogen-bond acceptors (Lipinski definition) is 5. The maximum Gasteiger partial charge on any atom is 0.243 e. The zero-order valence-electron chi connectivity index (χ0n) is 19.6. The van der Waals surface area contributed by atoms with Gasteiger partial charge in [-0.15, -0.1) is 0 Å². The van der Waals surface area contributed by atoms with Gasteiger partial charge in [0.1, 0.15) is 17.1 Å². The van der Waals surface area contributed by atoms with Crippen molar-refractivity contribution in [2.45, 2.75) is 56.6 Å². The molecule has 0 aromatic heterocycles. The average Bonchev–Trinajstić information content (AvgIpc) is 2.78. The van der Waals surface area contributed by atoms with Crippen LogP contribution in [0.4, 0.5) is 0 Å². The maximum atomic E-state index is 13.3. The first kappa shape index (κ1) is 23.6. The largest absolute Gasteiger partial charge is 0.497 e. The van der Waals surface area contributed by atoms with E-state index in [0.717, 1.165) is 16.9 Å². The van der Waals surface area contributed by atoms with E-state index in [-0.39, 0.29) is 23.4 Å². The van der Waals surface area contributed by atoms with Crippen LogP contribution in [0.2, 0.25) is 0 Å². The molecule has 2 aliphatic heterocycles. The van der Waals surface area contributed by atoms with Crippen molar-refractivity contribution >= 4 is 15.9 Å². The fourth-order valence-corrected chi connectivity index (χ4v) is 6.14. The summed E-state index contributed by atoms with van der Waals surface area (Å²) >= 11 is 0. The smallest absolute Gasteiger partial charge is 0.243 e. The van der Waals surface area contributed by atoms with E-state index in [1.54, 1.807) is 31.4 Å². The molecule has 2 aromatic rings. The summed E-state index contributed by atoms with van der Waals surface area (Å²) in [6.45, 7) is 6.51. The lowest BCUT2D eigenvalue weighted by atomic mass is 9.88. The number of aryl methyl sites for hydroxylation is 1. The summed E-state index contributed by atoms with van der Waals surface area (Å²) in [5, 5.41) is 3.17. The fraction of sp³-hybridized carbons (Fsp3) is 0.480. The number of fused-ring (bicyclic) bond motifs is 1. The first-order valence-electron chi connectivity index (χ1n) is 11.3. The molecule has 7 nitrogen and oxygen atoms in total. The summed E-state index contributed by atoms with van der Waals surface area (Å²) < 4.78 is 39.2. The van der Waals surface area contributed by atoms with E-state index in [9.17, 15) is 13.2 Å². The molecule has 0 bridgehead atoms. The van der Waals surface area contributed by atoms with Gasteiger partial charge in [0.05, 0.1) is 24.0 Å². The Morgan fingerprint density at radius 3 is 2.61 bits per heavy atom. The number of ether oxygens (including phenoxy) is 2. The molecule has 0 aliphatic carbocycles. The van der Waals surface area contributed by atoms with Crippen LogP contribution in [0, 0.1) is 12.8 Å². The van der Waals surface area contributed by atoms with Gasteiger partial charge in [-0.05, 0) is 63.9 Å². The third-order valence-electron chi connectivity index (χ3n) is 6.40. The second-order valence-electron chi connectivity index (χ2n) is 9.55. The van der Waals surface area contributed by atoms with Gasteiger partial charge in [-0.1, -0.05) is 17.7 Å². The molecular weight excluding hydrogens is 440 g/mol. The van der Waals surface area contributed by atoms with Crippen molar-refractivity contribution in [3.8, 4) is 11.5 Å². The molecule has 33 heavy (non-hydrogen) atoms. The summed E-state index contributed by atoms with van der Waals surface area (Å²) in [7, 11) is -2.03. The fourth-order valence-electron chi connectivity index (χ4n) is 4.61. The van der Waals surface area contributed by atoms with E-state index in [2.05, 4.69) is 5.32 Å². The van der Waals surface area contributed by atoms with Crippen molar-refractivity contribution in [1.29, 1.82) is 0 Å². The SMILES string of the molecule is COc1ccc2c(c1)[C@@H](NC(=O)[C@@H]1CCCN(S(=O)(=O)c3ccc(C)cc3)C1)CC(C)(C)O2. The lowest BCUT2D eigenvalue weighted by Crippen LogP contribution is -2.48. The highest BCUT2D eigenvalue weighted by Gasteiger charge is 2.38. The number of carbonyl (C=O) groups is 1. The minimum atomic E-state index is -3.64. The second-order valence-corrected chi connectivity index (χ2v) is 11.5.